The van der Waals surface area contributed by atoms with Gasteiger partial charge in [-0.25, -0.2) is 4.79 Å². The molecule has 0 unspecified atom stereocenters. The zero-order valence-electron chi connectivity index (χ0n) is 15.0. The van der Waals surface area contributed by atoms with E-state index in [0.717, 1.165) is 54.7 Å². The van der Waals surface area contributed by atoms with Crippen molar-refractivity contribution in [3.63, 3.8) is 0 Å². The predicted molar refractivity (Wildman–Crippen MR) is 108 cm³/mol. The number of fused-ring (bicyclic) bond motifs is 2. The number of aliphatic carboxylic acids is 1. The van der Waals surface area contributed by atoms with Crippen LogP contribution in [0, 0.1) is 0 Å². The SMILES string of the molecule is O=C(O)/C=C/CNCCCCN1c2cc(Cl)ccc2COc2ccccc21. The number of benzene rings is 2. The van der Waals surface area contributed by atoms with Crippen LogP contribution in [0.4, 0.5) is 11.4 Å². The zero-order chi connectivity index (χ0) is 19.1. The molecule has 0 radical (unpaired) electrons. The number of halogens is 1. The highest BCUT2D eigenvalue weighted by molar-refractivity contribution is 6.30. The third-order valence-corrected chi connectivity index (χ3v) is 4.62. The molecule has 0 aliphatic carbocycles. The van der Waals surface area contributed by atoms with E-state index in [0.29, 0.717) is 18.2 Å². The second-order valence-corrected chi connectivity index (χ2v) is 6.77. The quantitative estimate of drug-likeness (QED) is 0.520. The lowest BCUT2D eigenvalue weighted by atomic mass is 10.1. The van der Waals surface area contributed by atoms with Gasteiger partial charge in [-0.1, -0.05) is 35.9 Å². The molecule has 0 bridgehead atoms. The first-order valence-corrected chi connectivity index (χ1v) is 9.41. The zero-order valence-corrected chi connectivity index (χ0v) is 15.8. The number of carbonyl (C=O) groups is 1. The van der Waals surface area contributed by atoms with E-state index in [2.05, 4.69) is 16.3 Å². The Morgan fingerprint density at radius 1 is 1.22 bits per heavy atom. The van der Waals surface area contributed by atoms with Crippen LogP contribution in [-0.4, -0.2) is 30.7 Å². The third-order valence-electron chi connectivity index (χ3n) is 4.39. The van der Waals surface area contributed by atoms with Gasteiger partial charge in [0.25, 0.3) is 0 Å². The maximum absolute atomic E-state index is 10.4. The molecule has 0 aromatic heterocycles. The molecule has 27 heavy (non-hydrogen) atoms. The number of nitrogens with one attached hydrogen (secondary N) is 1. The van der Waals surface area contributed by atoms with Gasteiger partial charge in [0, 0.05) is 35.4 Å². The maximum Gasteiger partial charge on any atom is 0.328 e. The van der Waals surface area contributed by atoms with Crippen molar-refractivity contribution in [1.82, 2.24) is 5.32 Å². The van der Waals surface area contributed by atoms with Gasteiger partial charge in [-0.15, -0.1) is 0 Å². The van der Waals surface area contributed by atoms with E-state index >= 15 is 0 Å². The Morgan fingerprint density at radius 2 is 2.07 bits per heavy atom. The molecule has 5 nitrogen and oxygen atoms in total. The van der Waals surface area contributed by atoms with Gasteiger partial charge in [0.05, 0.1) is 5.69 Å². The summed E-state index contributed by atoms with van der Waals surface area (Å²) < 4.78 is 5.98. The molecule has 1 heterocycles. The van der Waals surface area contributed by atoms with E-state index in [-0.39, 0.29) is 0 Å². The normalized spacial score (nSPS) is 13.0. The Bertz CT molecular complexity index is 823. The molecule has 2 N–H and O–H groups in total. The van der Waals surface area contributed by atoms with Crippen LogP contribution < -0.4 is 15.0 Å². The highest BCUT2D eigenvalue weighted by Gasteiger charge is 2.21. The van der Waals surface area contributed by atoms with E-state index in [1.54, 1.807) is 6.08 Å². The molecule has 1 aliphatic heterocycles. The molecule has 0 saturated heterocycles. The van der Waals surface area contributed by atoms with Gasteiger partial charge in [0.15, 0.2) is 0 Å². The molecular weight excluding hydrogens is 364 g/mol. The highest BCUT2D eigenvalue weighted by atomic mass is 35.5. The molecular formula is C21H23ClN2O3. The summed E-state index contributed by atoms with van der Waals surface area (Å²) >= 11 is 6.25. The minimum absolute atomic E-state index is 0.525. The van der Waals surface area contributed by atoms with Crippen LogP contribution in [0.15, 0.2) is 54.6 Å². The van der Waals surface area contributed by atoms with Crippen LogP contribution in [-0.2, 0) is 11.4 Å². The van der Waals surface area contributed by atoms with Gasteiger partial charge < -0.3 is 20.1 Å². The Balaban J connectivity index is 1.64. The number of carboxylic acid groups (broad SMARTS) is 1. The van der Waals surface area contributed by atoms with Crippen molar-refractivity contribution in [2.75, 3.05) is 24.5 Å². The van der Waals surface area contributed by atoms with Gasteiger partial charge >= 0.3 is 5.97 Å². The van der Waals surface area contributed by atoms with Crippen LogP contribution in [0.2, 0.25) is 5.02 Å². The molecule has 1 aliphatic rings. The van der Waals surface area contributed by atoms with E-state index in [1.165, 1.54) is 0 Å². The summed E-state index contributed by atoms with van der Waals surface area (Å²) in [6.07, 6.45) is 4.73. The molecule has 0 fully saturated rings. The fourth-order valence-corrected chi connectivity index (χ4v) is 3.27. The summed E-state index contributed by atoms with van der Waals surface area (Å²) in [6, 6.07) is 14.0. The van der Waals surface area contributed by atoms with E-state index in [4.69, 9.17) is 21.4 Å². The van der Waals surface area contributed by atoms with E-state index in [9.17, 15) is 4.79 Å². The molecule has 142 valence electrons. The lowest BCUT2D eigenvalue weighted by Crippen LogP contribution is -2.21. The summed E-state index contributed by atoms with van der Waals surface area (Å²) in [5.74, 6) is -0.0436. The molecule has 2 aromatic rings. The Labute approximate surface area is 164 Å². The smallest absolute Gasteiger partial charge is 0.328 e. The van der Waals surface area contributed by atoms with Crippen LogP contribution in [0.3, 0.4) is 0 Å². The topological polar surface area (TPSA) is 61.8 Å². The van der Waals surface area contributed by atoms with Gasteiger partial charge in [0.1, 0.15) is 12.4 Å². The summed E-state index contributed by atoms with van der Waals surface area (Å²) in [4.78, 5) is 12.7. The number of hydrogen-bond acceptors (Lipinski definition) is 4. The highest BCUT2D eigenvalue weighted by Crippen LogP contribution is 2.40. The van der Waals surface area contributed by atoms with E-state index in [1.807, 2.05) is 36.4 Å². The Kier molecular flexibility index (Phi) is 6.74. The first-order chi connectivity index (χ1) is 13.1. The van der Waals surface area contributed by atoms with Crippen molar-refractivity contribution in [3.8, 4) is 5.75 Å². The molecule has 0 saturated carbocycles. The minimum atomic E-state index is -0.920. The lowest BCUT2D eigenvalue weighted by molar-refractivity contribution is -0.131. The van der Waals surface area contributed by atoms with Gasteiger partial charge in [-0.2, -0.15) is 0 Å². The molecule has 0 amide bonds. The summed E-state index contributed by atoms with van der Waals surface area (Å²) in [5, 5.41) is 12.5. The number of carboxylic acids is 1. The lowest BCUT2D eigenvalue weighted by Gasteiger charge is -2.26. The van der Waals surface area contributed by atoms with Crippen molar-refractivity contribution in [1.29, 1.82) is 0 Å². The number of nitrogens with zero attached hydrogens (tertiary/aromatic N) is 1. The van der Waals surface area contributed by atoms with E-state index < -0.39 is 5.97 Å². The van der Waals surface area contributed by atoms with Crippen molar-refractivity contribution in [2.45, 2.75) is 19.4 Å². The number of hydrogen-bond donors (Lipinski definition) is 2. The minimum Gasteiger partial charge on any atom is -0.487 e. The number of para-hydroxylation sites is 2. The number of rotatable bonds is 8. The van der Waals surface area contributed by atoms with Crippen LogP contribution in [0.1, 0.15) is 18.4 Å². The van der Waals surface area contributed by atoms with Crippen LogP contribution >= 0.6 is 11.6 Å². The number of anilines is 2. The average molecular weight is 387 g/mol. The van der Waals surface area contributed by atoms with Gasteiger partial charge in [0.2, 0.25) is 0 Å². The van der Waals surface area contributed by atoms with Gasteiger partial charge in [-0.3, -0.25) is 0 Å². The number of ether oxygens (including phenoxy) is 1. The summed E-state index contributed by atoms with van der Waals surface area (Å²) in [7, 11) is 0. The van der Waals surface area contributed by atoms with Gasteiger partial charge in [-0.05, 0) is 43.7 Å². The molecule has 0 spiro atoms. The van der Waals surface area contributed by atoms with Crippen molar-refractivity contribution >= 4 is 28.9 Å². The molecule has 6 heteroatoms. The monoisotopic (exact) mass is 386 g/mol. The third kappa shape index (κ3) is 5.25. The first kappa shape index (κ1) is 19.3. The number of unbranched alkanes of at least 4 members (excludes halogenated alkanes) is 1. The summed E-state index contributed by atoms with van der Waals surface area (Å²) in [5.41, 5.74) is 3.26. The maximum atomic E-state index is 10.4. The van der Waals surface area contributed by atoms with Crippen LogP contribution in [0.5, 0.6) is 5.75 Å². The molecule has 0 atom stereocenters. The molecule has 3 rings (SSSR count). The largest absolute Gasteiger partial charge is 0.487 e. The van der Waals surface area contributed by atoms with Crippen molar-refractivity contribution < 1.29 is 14.6 Å². The van der Waals surface area contributed by atoms with Crippen molar-refractivity contribution in [2.24, 2.45) is 0 Å². The Hall–Kier alpha value is -2.50. The standard InChI is InChI=1S/C21H23ClN2O3/c22-17-10-9-16-15-27-20-7-2-1-6-18(20)24(19(16)14-17)13-4-3-11-23-12-5-8-21(25)26/h1-2,5-10,14,23H,3-4,11-13,15H2,(H,25,26)/b8-5+. The fourth-order valence-electron chi connectivity index (χ4n) is 3.10. The predicted octanol–water partition coefficient (Wildman–Crippen LogP) is 4.38. The van der Waals surface area contributed by atoms with Crippen molar-refractivity contribution in [3.05, 3.63) is 65.2 Å². The van der Waals surface area contributed by atoms with Crippen LogP contribution in [0.25, 0.3) is 0 Å². The Morgan fingerprint density at radius 3 is 2.93 bits per heavy atom. The first-order valence-electron chi connectivity index (χ1n) is 9.03. The fraction of sp³-hybridized carbons (Fsp3) is 0.286. The second kappa shape index (κ2) is 9.44. The average Bonchev–Trinajstić information content (AvgIpc) is 2.80. The second-order valence-electron chi connectivity index (χ2n) is 6.33. The summed E-state index contributed by atoms with van der Waals surface area (Å²) in [6.45, 7) is 2.77. The molecule has 2 aromatic carbocycles.